The van der Waals surface area contributed by atoms with Gasteiger partial charge in [0.2, 0.25) is 0 Å². The minimum Gasteiger partial charge on any atom is -0.844 e. The van der Waals surface area contributed by atoms with Crippen molar-refractivity contribution in [2.75, 3.05) is 0 Å². The van der Waals surface area contributed by atoms with Crippen molar-refractivity contribution in [3.63, 3.8) is 0 Å². The molecule has 0 aliphatic carbocycles. The standard InChI is InChI=1S/C13H11N3OS.Na/c1-7-3-5-9(6-4-7)10-11-12(16-13(17)15-10)18-8(2)14-11;/h3-6H,1-2H3,(H,15,16,17);/q;+1/p-1. The molecule has 0 saturated carbocycles. The maximum atomic E-state index is 11.5. The zero-order chi connectivity index (χ0) is 12.7. The number of hydrogen-bond donors (Lipinski definition) is 0. The van der Waals surface area contributed by atoms with Gasteiger partial charge in [-0.05, 0) is 13.8 Å². The fourth-order valence-corrected chi connectivity index (χ4v) is 2.60. The molecule has 3 rings (SSSR count). The van der Waals surface area contributed by atoms with Crippen LogP contribution in [-0.2, 0) is 0 Å². The molecule has 2 heterocycles. The van der Waals surface area contributed by atoms with Gasteiger partial charge in [0, 0.05) is 5.56 Å². The van der Waals surface area contributed by atoms with Gasteiger partial charge in [0.05, 0.1) is 11.0 Å². The summed E-state index contributed by atoms with van der Waals surface area (Å²) < 4.78 is 0. The number of rotatable bonds is 1. The van der Waals surface area contributed by atoms with Crippen molar-refractivity contribution in [2.24, 2.45) is 0 Å². The van der Waals surface area contributed by atoms with Gasteiger partial charge < -0.3 is 5.11 Å². The van der Waals surface area contributed by atoms with Gasteiger partial charge in [-0.3, -0.25) is 0 Å². The average molecular weight is 279 g/mol. The van der Waals surface area contributed by atoms with Crippen LogP contribution in [0.4, 0.5) is 0 Å². The second-order valence-electron chi connectivity index (χ2n) is 4.11. The summed E-state index contributed by atoms with van der Waals surface area (Å²) in [6.07, 6.45) is 0. The fraction of sp³-hybridized carbons (Fsp3) is 0.154. The summed E-state index contributed by atoms with van der Waals surface area (Å²) in [7, 11) is 0. The van der Waals surface area contributed by atoms with Crippen LogP contribution in [0.3, 0.4) is 0 Å². The summed E-state index contributed by atoms with van der Waals surface area (Å²) in [6.45, 7) is 3.92. The molecule has 90 valence electrons. The van der Waals surface area contributed by atoms with Gasteiger partial charge in [0.15, 0.2) is 0 Å². The average Bonchev–Trinajstić information content (AvgIpc) is 2.69. The first-order chi connectivity index (χ1) is 8.63. The topological polar surface area (TPSA) is 61.7 Å². The van der Waals surface area contributed by atoms with Crippen LogP contribution in [0, 0.1) is 13.8 Å². The monoisotopic (exact) mass is 279 g/mol. The third-order valence-corrected chi connectivity index (χ3v) is 3.53. The van der Waals surface area contributed by atoms with Crippen molar-refractivity contribution in [3.8, 4) is 17.3 Å². The summed E-state index contributed by atoms with van der Waals surface area (Å²) in [5.74, 6) is 0. The van der Waals surface area contributed by atoms with Gasteiger partial charge >= 0.3 is 29.6 Å². The molecule has 4 nitrogen and oxygen atoms in total. The second kappa shape index (κ2) is 5.54. The van der Waals surface area contributed by atoms with Crippen LogP contribution in [0.25, 0.3) is 21.6 Å². The number of aromatic nitrogens is 3. The molecule has 0 radical (unpaired) electrons. The van der Waals surface area contributed by atoms with Gasteiger partial charge in [-0.25, -0.2) is 15.0 Å². The number of benzene rings is 1. The molecule has 0 aliphatic rings. The summed E-state index contributed by atoms with van der Waals surface area (Å²) in [4.78, 5) is 12.9. The van der Waals surface area contributed by atoms with Crippen molar-refractivity contribution in [3.05, 3.63) is 34.8 Å². The van der Waals surface area contributed by atoms with Gasteiger partial charge in [0.25, 0.3) is 0 Å². The maximum absolute atomic E-state index is 11.5. The molecule has 0 amide bonds. The molecule has 19 heavy (non-hydrogen) atoms. The van der Waals surface area contributed by atoms with Crippen molar-refractivity contribution in [1.82, 2.24) is 15.0 Å². The van der Waals surface area contributed by atoms with E-state index in [0.717, 1.165) is 10.6 Å². The number of thiazole rings is 1. The first-order valence-electron chi connectivity index (χ1n) is 5.53. The summed E-state index contributed by atoms with van der Waals surface area (Å²) >= 11 is 1.42. The van der Waals surface area contributed by atoms with Crippen LogP contribution in [0.2, 0.25) is 0 Å². The Labute approximate surface area is 136 Å². The minimum absolute atomic E-state index is 0. The van der Waals surface area contributed by atoms with Crippen molar-refractivity contribution >= 4 is 21.7 Å². The van der Waals surface area contributed by atoms with Crippen LogP contribution in [-0.4, -0.2) is 15.0 Å². The van der Waals surface area contributed by atoms with E-state index in [-0.39, 0.29) is 29.6 Å². The predicted molar refractivity (Wildman–Crippen MR) is 69.6 cm³/mol. The second-order valence-corrected chi connectivity index (χ2v) is 5.29. The first-order valence-corrected chi connectivity index (χ1v) is 6.34. The molecular formula is C13H10N3NaOS. The Morgan fingerprint density at radius 3 is 2.37 bits per heavy atom. The van der Waals surface area contributed by atoms with Gasteiger partial charge in [0.1, 0.15) is 16.0 Å². The van der Waals surface area contributed by atoms with E-state index in [0.29, 0.717) is 16.0 Å². The van der Waals surface area contributed by atoms with E-state index in [9.17, 15) is 5.11 Å². The van der Waals surface area contributed by atoms with Gasteiger partial charge in [-0.15, -0.1) is 0 Å². The molecule has 0 aliphatic heterocycles. The van der Waals surface area contributed by atoms with E-state index in [1.54, 1.807) is 0 Å². The molecule has 6 heteroatoms. The first kappa shape index (κ1) is 14.4. The molecule has 1 aromatic carbocycles. The van der Waals surface area contributed by atoms with Gasteiger partial charge in [-0.1, -0.05) is 41.2 Å². The van der Waals surface area contributed by atoms with E-state index in [2.05, 4.69) is 15.0 Å². The van der Waals surface area contributed by atoms with E-state index in [1.165, 1.54) is 16.9 Å². The Morgan fingerprint density at radius 1 is 1.00 bits per heavy atom. The quantitative estimate of drug-likeness (QED) is 0.561. The maximum Gasteiger partial charge on any atom is 1.00 e. The van der Waals surface area contributed by atoms with E-state index < -0.39 is 6.01 Å². The zero-order valence-electron chi connectivity index (χ0n) is 11.0. The Morgan fingerprint density at radius 2 is 1.68 bits per heavy atom. The number of nitrogens with zero attached hydrogens (tertiary/aromatic N) is 3. The number of aryl methyl sites for hydroxylation is 2. The molecule has 0 saturated heterocycles. The van der Waals surface area contributed by atoms with E-state index in [1.807, 2.05) is 38.1 Å². The summed E-state index contributed by atoms with van der Waals surface area (Å²) in [6, 6.07) is 7.43. The predicted octanol–water partition coefficient (Wildman–Crippen LogP) is -0.552. The van der Waals surface area contributed by atoms with Crippen molar-refractivity contribution in [2.45, 2.75) is 13.8 Å². The van der Waals surface area contributed by atoms with Crippen LogP contribution >= 0.6 is 11.3 Å². The molecule has 2 aromatic heterocycles. The summed E-state index contributed by atoms with van der Waals surface area (Å²) in [5.41, 5.74) is 3.39. The number of hydrogen-bond acceptors (Lipinski definition) is 5. The Kier molecular flexibility index (Phi) is 4.20. The van der Waals surface area contributed by atoms with Crippen LogP contribution in [0.5, 0.6) is 6.01 Å². The van der Waals surface area contributed by atoms with Crippen molar-refractivity contribution < 1.29 is 34.7 Å². The van der Waals surface area contributed by atoms with Crippen LogP contribution < -0.4 is 34.7 Å². The largest absolute Gasteiger partial charge is 1.00 e. The number of fused-ring (bicyclic) bond motifs is 1. The molecule has 0 fully saturated rings. The zero-order valence-corrected chi connectivity index (χ0v) is 13.8. The van der Waals surface area contributed by atoms with E-state index in [4.69, 9.17) is 0 Å². The van der Waals surface area contributed by atoms with Gasteiger partial charge in [-0.2, -0.15) is 0 Å². The normalized spacial score (nSPS) is 10.4. The Hall–Kier alpha value is -1.01. The molecule has 3 aromatic rings. The molecule has 0 spiro atoms. The van der Waals surface area contributed by atoms with E-state index >= 15 is 0 Å². The minimum atomic E-state index is -0.457. The van der Waals surface area contributed by atoms with Crippen LogP contribution in [0.15, 0.2) is 24.3 Å². The molecular weight excluding hydrogens is 269 g/mol. The SMILES string of the molecule is Cc1ccc(-c2nc([O-])nc3sc(C)nc23)cc1.[Na+]. The van der Waals surface area contributed by atoms with Crippen LogP contribution in [0.1, 0.15) is 10.6 Å². The van der Waals surface area contributed by atoms with Crippen molar-refractivity contribution in [1.29, 1.82) is 0 Å². The Balaban J connectivity index is 0.00000133. The molecule has 0 unspecified atom stereocenters. The smallest absolute Gasteiger partial charge is 0.844 e. The molecule has 0 N–H and O–H groups in total. The summed E-state index contributed by atoms with van der Waals surface area (Å²) in [5, 5.41) is 12.4. The fourth-order valence-electron chi connectivity index (χ4n) is 1.82. The Bertz CT molecular complexity index is 725. The third-order valence-electron chi connectivity index (χ3n) is 2.67. The molecule has 0 bridgehead atoms. The molecule has 0 atom stereocenters. The third kappa shape index (κ3) is 2.79.